The SMILES string of the molecule is COc1nccnc1C1(C2CC2)CCCN1. The molecule has 1 aromatic rings. The van der Waals surface area contributed by atoms with Crippen LogP contribution in [0.5, 0.6) is 5.88 Å². The van der Waals surface area contributed by atoms with Crippen molar-refractivity contribution >= 4 is 0 Å². The standard InChI is InChI=1S/C12H17N3O/c1-16-11-10(13-7-8-14-11)12(9-3-4-9)5-2-6-15-12/h7-9,15H,2-6H2,1H3. The van der Waals surface area contributed by atoms with Crippen LogP contribution in [0.25, 0.3) is 0 Å². The van der Waals surface area contributed by atoms with E-state index in [1.54, 1.807) is 19.5 Å². The third kappa shape index (κ3) is 1.40. The van der Waals surface area contributed by atoms with E-state index in [1.165, 1.54) is 19.3 Å². The van der Waals surface area contributed by atoms with Gasteiger partial charge in [0, 0.05) is 12.4 Å². The van der Waals surface area contributed by atoms with Gasteiger partial charge in [0.2, 0.25) is 5.88 Å². The highest BCUT2D eigenvalue weighted by molar-refractivity contribution is 5.30. The Morgan fingerprint density at radius 1 is 1.38 bits per heavy atom. The van der Waals surface area contributed by atoms with E-state index >= 15 is 0 Å². The summed E-state index contributed by atoms with van der Waals surface area (Å²) in [7, 11) is 1.67. The van der Waals surface area contributed by atoms with E-state index in [-0.39, 0.29) is 5.54 Å². The van der Waals surface area contributed by atoms with E-state index in [0.717, 1.165) is 24.6 Å². The van der Waals surface area contributed by atoms with Gasteiger partial charge >= 0.3 is 0 Å². The first kappa shape index (κ1) is 10.0. The van der Waals surface area contributed by atoms with Gasteiger partial charge in [-0.05, 0) is 38.1 Å². The van der Waals surface area contributed by atoms with E-state index in [4.69, 9.17) is 4.74 Å². The molecule has 0 aromatic carbocycles. The van der Waals surface area contributed by atoms with Crippen molar-refractivity contribution in [3.05, 3.63) is 18.1 Å². The van der Waals surface area contributed by atoms with E-state index in [2.05, 4.69) is 15.3 Å². The minimum atomic E-state index is 0.0413. The fraction of sp³-hybridized carbons (Fsp3) is 0.667. The summed E-state index contributed by atoms with van der Waals surface area (Å²) in [5, 5.41) is 3.64. The van der Waals surface area contributed by atoms with Gasteiger partial charge in [0.1, 0.15) is 5.69 Å². The Hall–Kier alpha value is -1.16. The molecule has 0 radical (unpaired) electrons. The summed E-state index contributed by atoms with van der Waals surface area (Å²) < 4.78 is 5.35. The van der Waals surface area contributed by atoms with Gasteiger partial charge in [-0.25, -0.2) is 4.98 Å². The number of nitrogens with zero attached hydrogens (tertiary/aromatic N) is 2. The zero-order valence-corrected chi connectivity index (χ0v) is 9.57. The minimum absolute atomic E-state index is 0.0413. The molecule has 1 aliphatic heterocycles. The summed E-state index contributed by atoms with van der Waals surface area (Å²) >= 11 is 0. The summed E-state index contributed by atoms with van der Waals surface area (Å²) in [4.78, 5) is 8.79. The molecule has 1 aliphatic carbocycles. The van der Waals surface area contributed by atoms with Gasteiger partial charge < -0.3 is 10.1 Å². The Kier molecular flexibility index (Phi) is 2.32. The van der Waals surface area contributed by atoms with Gasteiger partial charge in [-0.3, -0.25) is 4.98 Å². The van der Waals surface area contributed by atoms with E-state index in [1.807, 2.05) is 0 Å². The summed E-state index contributed by atoms with van der Waals surface area (Å²) in [5.41, 5.74) is 1.05. The van der Waals surface area contributed by atoms with Gasteiger partial charge in [-0.1, -0.05) is 0 Å². The quantitative estimate of drug-likeness (QED) is 0.836. The molecule has 1 saturated heterocycles. The van der Waals surface area contributed by atoms with Crippen LogP contribution in [-0.4, -0.2) is 23.6 Å². The highest BCUT2D eigenvalue weighted by Gasteiger charge is 2.50. The van der Waals surface area contributed by atoms with Gasteiger partial charge in [0.25, 0.3) is 0 Å². The van der Waals surface area contributed by atoms with Crippen LogP contribution in [-0.2, 0) is 5.54 Å². The van der Waals surface area contributed by atoms with Crippen molar-refractivity contribution in [2.24, 2.45) is 5.92 Å². The Morgan fingerprint density at radius 2 is 2.19 bits per heavy atom. The smallest absolute Gasteiger partial charge is 0.237 e. The van der Waals surface area contributed by atoms with E-state index in [9.17, 15) is 0 Å². The molecule has 2 heterocycles. The van der Waals surface area contributed by atoms with Crippen molar-refractivity contribution in [1.29, 1.82) is 0 Å². The molecule has 4 heteroatoms. The van der Waals surface area contributed by atoms with Gasteiger partial charge in [0.05, 0.1) is 12.6 Å². The second-order valence-corrected chi connectivity index (χ2v) is 4.69. The first-order valence-corrected chi connectivity index (χ1v) is 5.97. The molecule has 2 aliphatic rings. The van der Waals surface area contributed by atoms with Crippen molar-refractivity contribution in [1.82, 2.24) is 15.3 Å². The molecular weight excluding hydrogens is 202 g/mol. The number of hydrogen-bond acceptors (Lipinski definition) is 4. The summed E-state index contributed by atoms with van der Waals surface area (Å²) in [6.07, 6.45) is 8.43. The lowest BCUT2D eigenvalue weighted by Gasteiger charge is -2.29. The van der Waals surface area contributed by atoms with Gasteiger partial charge in [0.15, 0.2) is 0 Å². The average Bonchev–Trinajstić information content (AvgIpc) is 3.09. The molecule has 1 unspecified atom stereocenters. The van der Waals surface area contributed by atoms with Gasteiger partial charge in [-0.2, -0.15) is 0 Å². The van der Waals surface area contributed by atoms with Crippen molar-refractivity contribution in [3.63, 3.8) is 0 Å². The fourth-order valence-electron chi connectivity index (χ4n) is 2.87. The fourth-order valence-corrected chi connectivity index (χ4v) is 2.87. The van der Waals surface area contributed by atoms with Crippen LogP contribution in [0.2, 0.25) is 0 Å². The molecule has 1 aromatic heterocycles. The van der Waals surface area contributed by atoms with Crippen LogP contribution in [0.4, 0.5) is 0 Å². The molecule has 0 amide bonds. The molecule has 4 nitrogen and oxygen atoms in total. The largest absolute Gasteiger partial charge is 0.480 e. The van der Waals surface area contributed by atoms with Gasteiger partial charge in [-0.15, -0.1) is 0 Å². The normalized spacial score (nSPS) is 29.3. The first-order chi connectivity index (χ1) is 7.87. The maximum atomic E-state index is 5.35. The molecule has 0 bridgehead atoms. The predicted molar refractivity (Wildman–Crippen MR) is 60.2 cm³/mol. The summed E-state index contributed by atoms with van der Waals surface area (Å²) in [6.45, 7) is 1.08. The lowest BCUT2D eigenvalue weighted by atomic mass is 9.87. The Balaban J connectivity index is 2.05. The number of ether oxygens (including phenoxy) is 1. The predicted octanol–water partition coefficient (Wildman–Crippen LogP) is 1.47. The Labute approximate surface area is 95.4 Å². The minimum Gasteiger partial charge on any atom is -0.480 e. The first-order valence-electron chi connectivity index (χ1n) is 5.97. The third-order valence-corrected chi connectivity index (χ3v) is 3.74. The number of aromatic nitrogens is 2. The molecule has 1 atom stereocenters. The van der Waals surface area contributed by atoms with Crippen LogP contribution in [0.15, 0.2) is 12.4 Å². The number of methoxy groups -OCH3 is 1. The van der Waals surface area contributed by atoms with Crippen LogP contribution in [0, 0.1) is 5.92 Å². The molecule has 1 N–H and O–H groups in total. The molecule has 0 spiro atoms. The van der Waals surface area contributed by atoms with Crippen LogP contribution < -0.4 is 10.1 Å². The average molecular weight is 219 g/mol. The lowest BCUT2D eigenvalue weighted by Crippen LogP contribution is -2.40. The van der Waals surface area contributed by atoms with Crippen LogP contribution in [0.3, 0.4) is 0 Å². The molecule has 3 rings (SSSR count). The van der Waals surface area contributed by atoms with E-state index in [0.29, 0.717) is 5.88 Å². The zero-order valence-electron chi connectivity index (χ0n) is 9.57. The summed E-state index contributed by atoms with van der Waals surface area (Å²) in [6, 6.07) is 0. The zero-order chi connectivity index (χ0) is 11.0. The van der Waals surface area contributed by atoms with Crippen molar-refractivity contribution in [2.45, 2.75) is 31.2 Å². The second-order valence-electron chi connectivity index (χ2n) is 4.69. The Morgan fingerprint density at radius 3 is 2.81 bits per heavy atom. The van der Waals surface area contributed by atoms with Crippen molar-refractivity contribution in [3.8, 4) is 5.88 Å². The third-order valence-electron chi connectivity index (χ3n) is 3.74. The maximum absolute atomic E-state index is 5.35. The topological polar surface area (TPSA) is 47.0 Å². The molecule has 16 heavy (non-hydrogen) atoms. The molecule has 2 fully saturated rings. The van der Waals surface area contributed by atoms with E-state index < -0.39 is 0 Å². The number of nitrogens with one attached hydrogen (secondary N) is 1. The monoisotopic (exact) mass is 219 g/mol. The van der Waals surface area contributed by atoms with Crippen LogP contribution in [0.1, 0.15) is 31.4 Å². The van der Waals surface area contributed by atoms with Crippen molar-refractivity contribution in [2.75, 3.05) is 13.7 Å². The molecular formula is C12H17N3O. The second kappa shape index (κ2) is 3.70. The lowest BCUT2D eigenvalue weighted by molar-refractivity contribution is 0.297. The van der Waals surface area contributed by atoms with Crippen molar-refractivity contribution < 1.29 is 4.74 Å². The molecule has 1 saturated carbocycles. The number of hydrogen-bond donors (Lipinski definition) is 1. The Bertz CT molecular complexity index is 384. The van der Waals surface area contributed by atoms with Crippen LogP contribution >= 0.6 is 0 Å². The molecule has 86 valence electrons. The maximum Gasteiger partial charge on any atom is 0.237 e. The number of rotatable bonds is 3. The highest BCUT2D eigenvalue weighted by atomic mass is 16.5. The highest BCUT2D eigenvalue weighted by Crippen LogP contribution is 2.51. The summed E-state index contributed by atoms with van der Waals surface area (Å²) in [5.74, 6) is 1.41.